The lowest BCUT2D eigenvalue weighted by molar-refractivity contribution is -0.0365. The Morgan fingerprint density at radius 2 is 1.93 bits per heavy atom. The molecule has 0 aliphatic carbocycles. The maximum Gasteiger partial charge on any atom is 0.166 e. The molecule has 3 aromatic heterocycles. The zero-order valence-corrected chi connectivity index (χ0v) is 26.3. The van der Waals surface area contributed by atoms with Crippen molar-refractivity contribution in [1.82, 2.24) is 19.7 Å². The molecule has 0 N–H and O–H groups in total. The molecule has 13 heteroatoms. The highest BCUT2D eigenvalue weighted by atomic mass is 35.5. The average Bonchev–Trinajstić information content (AvgIpc) is 3.34. The summed E-state index contributed by atoms with van der Waals surface area (Å²) in [6, 6.07) is 6.93. The number of hydrogen-bond donors (Lipinski definition) is 0. The Bertz CT molecular complexity index is 1760. The van der Waals surface area contributed by atoms with Gasteiger partial charge in [-0.05, 0) is 57.4 Å². The van der Waals surface area contributed by atoms with Gasteiger partial charge in [0.05, 0.1) is 21.3 Å². The minimum atomic E-state index is -3.12. The maximum absolute atomic E-state index is 15.6. The first kappa shape index (κ1) is 30.1. The van der Waals surface area contributed by atoms with E-state index in [0.717, 1.165) is 30.2 Å². The molecule has 4 atom stereocenters. The second-order valence-corrected chi connectivity index (χ2v) is 14.3. The van der Waals surface area contributed by atoms with Crippen LogP contribution < -0.4 is 9.64 Å². The number of benzene rings is 1. The molecule has 9 nitrogen and oxygen atoms in total. The summed E-state index contributed by atoms with van der Waals surface area (Å²) in [6.45, 7) is 4.82. The summed E-state index contributed by atoms with van der Waals surface area (Å²) in [5.74, 6) is 0.264. The number of hydrogen-bond acceptors (Lipinski definition) is 8. The van der Waals surface area contributed by atoms with E-state index in [-0.39, 0.29) is 29.8 Å². The highest BCUT2D eigenvalue weighted by Crippen LogP contribution is 2.39. The van der Waals surface area contributed by atoms with E-state index >= 15 is 4.39 Å². The van der Waals surface area contributed by atoms with Crippen LogP contribution in [0.2, 0.25) is 10.0 Å². The Hall–Kier alpha value is -2.99. The van der Waals surface area contributed by atoms with E-state index in [9.17, 15) is 8.42 Å². The van der Waals surface area contributed by atoms with Crippen molar-refractivity contribution >= 4 is 49.8 Å². The fourth-order valence-electron chi connectivity index (χ4n) is 5.94. The van der Waals surface area contributed by atoms with Crippen LogP contribution in [0.1, 0.15) is 51.0 Å². The lowest BCUT2D eigenvalue weighted by Crippen LogP contribution is -2.57. The second kappa shape index (κ2) is 11.8. The predicted molar refractivity (Wildman–Crippen MR) is 165 cm³/mol. The minimum Gasteiger partial charge on any atom is -0.486 e. The van der Waals surface area contributed by atoms with E-state index in [2.05, 4.69) is 9.97 Å². The molecule has 0 bridgehead atoms. The molecule has 0 radical (unpaired) electrons. The molecule has 0 amide bonds. The molecule has 2 aliphatic heterocycles. The molecule has 2 fully saturated rings. The van der Waals surface area contributed by atoms with Crippen molar-refractivity contribution in [3.63, 3.8) is 0 Å². The van der Waals surface area contributed by atoms with Crippen LogP contribution in [0.15, 0.2) is 42.9 Å². The van der Waals surface area contributed by atoms with E-state index in [4.69, 9.17) is 37.8 Å². The van der Waals surface area contributed by atoms with Crippen LogP contribution in [0, 0.1) is 11.7 Å². The number of nitrogens with zero attached hydrogens (tertiary/aromatic N) is 5. The molecule has 2 aliphatic rings. The molecule has 228 valence electrons. The van der Waals surface area contributed by atoms with Crippen LogP contribution in [0.3, 0.4) is 0 Å². The molecule has 1 aromatic carbocycles. The monoisotopic (exact) mass is 647 g/mol. The Labute approximate surface area is 259 Å². The van der Waals surface area contributed by atoms with Gasteiger partial charge in [-0.25, -0.2) is 22.5 Å². The topological polar surface area (TPSA) is 99.4 Å². The number of sulfone groups is 1. The van der Waals surface area contributed by atoms with Gasteiger partial charge in [0.1, 0.15) is 27.4 Å². The van der Waals surface area contributed by atoms with E-state index in [1.165, 1.54) is 24.7 Å². The highest BCUT2D eigenvalue weighted by molar-refractivity contribution is 7.90. The first-order valence-corrected chi connectivity index (χ1v) is 17.0. The van der Waals surface area contributed by atoms with Gasteiger partial charge in [0.2, 0.25) is 0 Å². The van der Waals surface area contributed by atoms with Gasteiger partial charge < -0.3 is 14.4 Å². The molecular formula is C30H32Cl2FN5O4S. The van der Waals surface area contributed by atoms with Crippen molar-refractivity contribution in [1.29, 1.82) is 0 Å². The van der Waals surface area contributed by atoms with E-state index in [1.54, 1.807) is 11.1 Å². The molecule has 6 rings (SSSR count). The number of pyridine rings is 2. The van der Waals surface area contributed by atoms with Gasteiger partial charge in [0.25, 0.3) is 0 Å². The van der Waals surface area contributed by atoms with Crippen molar-refractivity contribution in [3.8, 4) is 17.0 Å². The van der Waals surface area contributed by atoms with Crippen LogP contribution in [0.25, 0.3) is 22.2 Å². The third kappa shape index (κ3) is 6.05. The van der Waals surface area contributed by atoms with Crippen LogP contribution >= 0.6 is 23.2 Å². The third-order valence-corrected chi connectivity index (χ3v) is 9.84. The maximum atomic E-state index is 15.6. The number of rotatable bonds is 8. The predicted octanol–water partition coefficient (Wildman–Crippen LogP) is 6.65. The quantitative estimate of drug-likeness (QED) is 0.210. The Kier molecular flexibility index (Phi) is 8.27. The number of fused-ring (bicyclic) bond motifs is 1. The molecule has 1 unspecified atom stereocenters. The Balaban J connectivity index is 1.35. The summed E-state index contributed by atoms with van der Waals surface area (Å²) < 4.78 is 53.3. The Morgan fingerprint density at radius 3 is 2.58 bits per heavy atom. The smallest absolute Gasteiger partial charge is 0.166 e. The number of ether oxygens (including phenoxy) is 2. The highest BCUT2D eigenvalue weighted by Gasteiger charge is 2.39. The molecule has 2 saturated heterocycles. The van der Waals surface area contributed by atoms with Crippen LogP contribution in [-0.2, 0) is 14.6 Å². The van der Waals surface area contributed by atoms with E-state index in [1.807, 2.05) is 36.7 Å². The largest absolute Gasteiger partial charge is 0.486 e. The van der Waals surface area contributed by atoms with Crippen molar-refractivity contribution in [2.24, 2.45) is 5.92 Å². The van der Waals surface area contributed by atoms with Gasteiger partial charge in [-0.3, -0.25) is 4.98 Å². The zero-order valence-electron chi connectivity index (χ0n) is 24.0. The molecule has 0 saturated carbocycles. The van der Waals surface area contributed by atoms with Gasteiger partial charge in [0, 0.05) is 66.5 Å². The molecular weight excluding hydrogens is 616 g/mol. The van der Waals surface area contributed by atoms with Gasteiger partial charge in [-0.1, -0.05) is 23.2 Å². The fraction of sp³-hybridized carbons (Fsp3) is 0.433. The first-order valence-electron chi connectivity index (χ1n) is 14.2. The van der Waals surface area contributed by atoms with Crippen LogP contribution in [0.4, 0.5) is 10.2 Å². The van der Waals surface area contributed by atoms with Crippen molar-refractivity contribution in [2.45, 2.75) is 51.5 Å². The lowest BCUT2D eigenvalue weighted by Gasteiger charge is -2.47. The summed E-state index contributed by atoms with van der Waals surface area (Å²) in [5, 5.41) is 6.48. The summed E-state index contributed by atoms with van der Waals surface area (Å²) >= 11 is 12.7. The van der Waals surface area contributed by atoms with Gasteiger partial charge in [-0.2, -0.15) is 5.10 Å². The van der Waals surface area contributed by atoms with Gasteiger partial charge in [-0.15, -0.1) is 0 Å². The number of halogens is 3. The number of aromatic nitrogens is 4. The van der Waals surface area contributed by atoms with Crippen molar-refractivity contribution < 1.29 is 22.3 Å². The first-order chi connectivity index (χ1) is 20.5. The Morgan fingerprint density at radius 1 is 1.16 bits per heavy atom. The van der Waals surface area contributed by atoms with Gasteiger partial charge >= 0.3 is 0 Å². The summed E-state index contributed by atoms with van der Waals surface area (Å²) in [7, 11) is -3.12. The second-order valence-electron chi connectivity index (χ2n) is 11.3. The summed E-state index contributed by atoms with van der Waals surface area (Å²) in [5.41, 5.74) is 2.51. The fourth-order valence-corrected chi connectivity index (χ4v) is 7.77. The van der Waals surface area contributed by atoms with E-state index < -0.39 is 21.8 Å². The van der Waals surface area contributed by atoms with Crippen molar-refractivity contribution in [2.75, 3.05) is 30.1 Å². The average molecular weight is 649 g/mol. The van der Waals surface area contributed by atoms with E-state index in [0.29, 0.717) is 45.8 Å². The zero-order chi connectivity index (χ0) is 30.5. The van der Waals surface area contributed by atoms with Gasteiger partial charge in [0.15, 0.2) is 17.9 Å². The lowest BCUT2D eigenvalue weighted by atomic mass is 9.91. The molecule has 5 heterocycles. The summed E-state index contributed by atoms with van der Waals surface area (Å²) in [6.07, 6.45) is 8.00. The summed E-state index contributed by atoms with van der Waals surface area (Å²) in [4.78, 5) is 10.3. The van der Waals surface area contributed by atoms with Crippen LogP contribution in [-0.4, -0.2) is 59.4 Å². The molecule has 4 aromatic rings. The third-order valence-electron chi connectivity index (χ3n) is 8.20. The standard InChI is InChI=1S/C30H32Cl2FN5O4S/c1-17-20(16-43(3,39)40)15-37(17)30-25(33)10-19(12-35-30)29-22-11-21(42-18(2)28-23(31)13-34-14-24(28)32)7-8-26(22)38(36-29)27-6-4-5-9-41-27/h7-8,10-14,17-18,20,27H,4-6,9,15-16H2,1-3H3/t17-,18+,20-,27?/m0/s1. The SMILES string of the molecule is C[C@@H](Oc1ccc2c(c1)c(-c1cnc(N3C[C@@H](CS(C)(=O)=O)[C@@H]3C)c(F)c1)nn2C1CCCCO1)c1c(Cl)cncc1Cl. The number of anilines is 1. The van der Waals surface area contributed by atoms with Crippen LogP contribution in [0.5, 0.6) is 5.75 Å². The molecule has 43 heavy (non-hydrogen) atoms. The minimum absolute atomic E-state index is 0.0660. The molecule has 0 spiro atoms. The normalized spacial score (nSPS) is 21.5. The van der Waals surface area contributed by atoms with Crippen molar-refractivity contribution in [3.05, 3.63) is 64.3 Å².